The van der Waals surface area contributed by atoms with Crippen LogP contribution in [0.15, 0.2) is 83.9 Å². The Morgan fingerprint density at radius 2 is 1.75 bits per heavy atom. The first-order chi connectivity index (χ1) is 17.1. The highest BCUT2D eigenvalue weighted by atomic mass is 19.3. The Morgan fingerprint density at radius 3 is 2.31 bits per heavy atom. The Kier molecular flexibility index (Phi) is 8.58. The number of amides is 1. The van der Waals surface area contributed by atoms with Gasteiger partial charge in [-0.25, -0.2) is 4.68 Å². The highest BCUT2D eigenvalue weighted by molar-refractivity contribution is 5.83. The van der Waals surface area contributed by atoms with Crippen LogP contribution in [0, 0.1) is 5.92 Å². The first-order valence-electron chi connectivity index (χ1n) is 11.5. The summed E-state index contributed by atoms with van der Waals surface area (Å²) in [4.78, 5) is 23.2. The molecule has 7 nitrogen and oxygen atoms in total. The van der Waals surface area contributed by atoms with E-state index in [1.54, 1.807) is 42.3 Å². The number of alkyl halides is 2. The molecular formula is C27H32F2N4O3. The van der Waals surface area contributed by atoms with Crippen LogP contribution < -0.4 is 15.6 Å². The van der Waals surface area contributed by atoms with E-state index >= 15 is 0 Å². The Labute approximate surface area is 209 Å². The molecule has 1 amide bonds. The molecular weight excluding hydrogens is 466 g/mol. The fraction of sp³-hybridized carbons (Fsp3) is 0.296. The zero-order valence-corrected chi connectivity index (χ0v) is 20.7. The maximum atomic E-state index is 13.2. The van der Waals surface area contributed by atoms with Crippen molar-refractivity contribution < 1.29 is 19.7 Å². The van der Waals surface area contributed by atoms with Crippen molar-refractivity contribution in [3.8, 4) is 11.4 Å². The van der Waals surface area contributed by atoms with Crippen molar-refractivity contribution in [3.63, 3.8) is 0 Å². The number of hydrogen-bond donors (Lipinski definition) is 1. The van der Waals surface area contributed by atoms with Gasteiger partial charge in [0, 0.05) is 33.0 Å². The minimum absolute atomic E-state index is 0. The molecule has 0 aliphatic rings. The number of rotatable bonds is 7. The summed E-state index contributed by atoms with van der Waals surface area (Å²) in [5.74, 6) is -4.32. The molecule has 0 bridgehead atoms. The van der Waals surface area contributed by atoms with Gasteiger partial charge in [-0.1, -0.05) is 50.2 Å². The smallest absolute Gasteiger partial charge is 0.321 e. The van der Waals surface area contributed by atoms with Gasteiger partial charge in [0.1, 0.15) is 12.4 Å². The molecule has 0 unspecified atom stereocenters. The van der Waals surface area contributed by atoms with Gasteiger partial charge in [-0.05, 0) is 30.2 Å². The number of carbonyl (C=O) groups is 1. The number of fused-ring (bicyclic) bond motifs is 1. The lowest BCUT2D eigenvalue weighted by molar-refractivity contribution is -0.144. The number of aromatic nitrogens is 3. The van der Waals surface area contributed by atoms with E-state index in [4.69, 9.17) is 4.74 Å². The third-order valence-electron chi connectivity index (χ3n) is 5.47. The van der Waals surface area contributed by atoms with Crippen LogP contribution in [0.4, 0.5) is 8.78 Å². The molecule has 2 aromatic heterocycles. The minimum atomic E-state index is -3.44. The van der Waals surface area contributed by atoms with Gasteiger partial charge in [0.05, 0.1) is 23.4 Å². The molecule has 0 aliphatic carbocycles. The number of aryl methyl sites for hydroxylation is 1. The summed E-state index contributed by atoms with van der Waals surface area (Å²) in [5.41, 5.74) is 1.45. The predicted molar refractivity (Wildman–Crippen MR) is 138 cm³/mol. The average Bonchev–Trinajstić information content (AvgIpc) is 3.27. The second-order valence-corrected chi connectivity index (χ2v) is 8.79. The van der Waals surface area contributed by atoms with Crippen molar-refractivity contribution in [1.82, 2.24) is 19.7 Å². The lowest BCUT2D eigenvalue weighted by atomic mass is 10.1. The number of hydrogen-bond acceptors (Lipinski definition) is 4. The first-order valence-corrected chi connectivity index (χ1v) is 11.5. The van der Waals surface area contributed by atoms with E-state index < -0.39 is 17.9 Å². The van der Waals surface area contributed by atoms with Gasteiger partial charge in [-0.3, -0.25) is 9.59 Å². The molecule has 1 atom stereocenters. The number of carbonyl (C=O) groups excluding carboxylic acids is 1. The maximum Gasteiger partial charge on any atom is 0.321 e. The number of nitrogens with one attached hydrogen (secondary N) is 1. The molecule has 9 heteroatoms. The highest BCUT2D eigenvalue weighted by Gasteiger charge is 2.34. The van der Waals surface area contributed by atoms with Crippen molar-refractivity contribution in [2.75, 3.05) is 6.61 Å². The van der Waals surface area contributed by atoms with Crippen LogP contribution in [-0.2, 0) is 11.8 Å². The lowest BCUT2D eigenvalue weighted by Crippen LogP contribution is -2.48. The van der Waals surface area contributed by atoms with Gasteiger partial charge in [0.2, 0.25) is 5.56 Å². The number of nitrogens with zero attached hydrogens (tertiary/aromatic N) is 3. The van der Waals surface area contributed by atoms with Crippen molar-refractivity contribution in [3.05, 3.63) is 89.5 Å². The molecule has 2 aromatic carbocycles. The van der Waals surface area contributed by atoms with Crippen LogP contribution in [0.1, 0.15) is 22.2 Å². The Morgan fingerprint density at radius 1 is 1.11 bits per heavy atom. The number of pyridine rings is 1. The fourth-order valence-electron chi connectivity index (χ4n) is 3.28. The molecule has 0 fully saturated rings. The number of halogens is 2. The summed E-state index contributed by atoms with van der Waals surface area (Å²) in [5, 5.41) is 7.53. The van der Waals surface area contributed by atoms with Crippen molar-refractivity contribution in [1.29, 1.82) is 0 Å². The van der Waals surface area contributed by atoms with E-state index in [-0.39, 0.29) is 19.5 Å². The highest BCUT2D eigenvalue weighted by Crippen LogP contribution is 2.23. The molecule has 0 aliphatic heterocycles. The van der Waals surface area contributed by atoms with Crippen LogP contribution in [0.25, 0.3) is 16.6 Å². The van der Waals surface area contributed by atoms with E-state index in [9.17, 15) is 18.4 Å². The summed E-state index contributed by atoms with van der Waals surface area (Å²) in [6, 6.07) is 20.0. The van der Waals surface area contributed by atoms with Gasteiger partial charge in [-0.15, -0.1) is 0 Å². The van der Waals surface area contributed by atoms with Crippen LogP contribution in [0.2, 0.25) is 0 Å². The van der Waals surface area contributed by atoms with Crippen molar-refractivity contribution >= 4 is 16.8 Å². The second-order valence-electron chi connectivity index (χ2n) is 8.79. The van der Waals surface area contributed by atoms with Crippen LogP contribution in [-0.4, -0.2) is 38.8 Å². The first kappa shape index (κ1) is 26.6. The monoisotopic (exact) mass is 498 g/mol. The number of benzene rings is 2. The predicted octanol–water partition coefficient (Wildman–Crippen LogP) is 4.83. The standard InChI is InChI=1S/C21H24F2N4O3.C6H6.H2/c1-13(2)17(25-20(29)21(3,22)23)12-30-16-6-7-18-14(9-16)10-24-27(18)15-5-8-19(28)26(4)11-15;1-2-4-6-5-3-1;/h5-11,13,17H,12H2,1-4H3,(H,25,29);1-6H;1H/t17-;;/m1../s1. The van der Waals surface area contributed by atoms with E-state index in [1.807, 2.05) is 56.3 Å². The summed E-state index contributed by atoms with van der Waals surface area (Å²) >= 11 is 0. The van der Waals surface area contributed by atoms with Crippen LogP contribution >= 0.6 is 0 Å². The topological polar surface area (TPSA) is 78.2 Å². The molecule has 4 aromatic rings. The van der Waals surface area contributed by atoms with E-state index in [2.05, 4.69) is 10.4 Å². The largest absolute Gasteiger partial charge is 0.491 e. The van der Waals surface area contributed by atoms with Gasteiger partial charge in [0.25, 0.3) is 5.91 Å². The summed E-state index contributed by atoms with van der Waals surface area (Å²) in [6.45, 7) is 4.27. The lowest BCUT2D eigenvalue weighted by Gasteiger charge is -2.24. The van der Waals surface area contributed by atoms with Gasteiger partial charge < -0.3 is 14.6 Å². The fourth-order valence-corrected chi connectivity index (χ4v) is 3.28. The average molecular weight is 499 g/mol. The normalized spacial score (nSPS) is 12.1. The summed E-state index contributed by atoms with van der Waals surface area (Å²) < 4.78 is 35.3. The zero-order chi connectivity index (χ0) is 26.3. The van der Waals surface area contributed by atoms with Crippen LogP contribution in [0.5, 0.6) is 5.75 Å². The third kappa shape index (κ3) is 7.00. The minimum Gasteiger partial charge on any atom is -0.491 e. The molecule has 0 spiro atoms. The van der Waals surface area contributed by atoms with Gasteiger partial charge in [0.15, 0.2) is 0 Å². The Bertz CT molecular complexity index is 1320. The number of ether oxygens (including phenoxy) is 1. The molecule has 36 heavy (non-hydrogen) atoms. The Hall–Kier alpha value is -4.01. The molecule has 4 rings (SSSR count). The maximum absolute atomic E-state index is 13.2. The van der Waals surface area contributed by atoms with Crippen LogP contribution in [0.3, 0.4) is 0 Å². The molecule has 1 N–H and O–H groups in total. The quantitative estimate of drug-likeness (QED) is 0.396. The van der Waals surface area contributed by atoms with E-state index in [0.717, 1.165) is 16.6 Å². The molecule has 192 valence electrons. The van der Waals surface area contributed by atoms with E-state index in [0.29, 0.717) is 12.7 Å². The second kappa shape index (κ2) is 11.6. The van der Waals surface area contributed by atoms with Crippen molar-refractivity contribution in [2.24, 2.45) is 13.0 Å². The Balaban J connectivity index is 0.000000604. The summed E-state index contributed by atoms with van der Waals surface area (Å²) in [7, 11) is 1.67. The SMILES string of the molecule is CC(C)[C@@H](COc1ccc2c(cnn2-c2ccc(=O)n(C)c2)c1)NC(=O)C(C)(F)F.[HH].c1ccccc1. The molecule has 0 saturated heterocycles. The molecule has 0 saturated carbocycles. The molecule has 2 heterocycles. The van der Waals surface area contributed by atoms with Crippen molar-refractivity contribution in [2.45, 2.75) is 32.7 Å². The summed E-state index contributed by atoms with van der Waals surface area (Å²) in [6.07, 6.45) is 3.37. The van der Waals surface area contributed by atoms with Gasteiger partial charge >= 0.3 is 5.92 Å². The van der Waals surface area contributed by atoms with E-state index in [1.165, 1.54) is 10.6 Å². The zero-order valence-electron chi connectivity index (χ0n) is 20.7. The third-order valence-corrected chi connectivity index (χ3v) is 5.47. The van der Waals surface area contributed by atoms with Gasteiger partial charge in [-0.2, -0.15) is 13.9 Å². The molecule has 0 radical (unpaired) electrons.